The lowest BCUT2D eigenvalue weighted by molar-refractivity contribution is -0.0517. The summed E-state index contributed by atoms with van der Waals surface area (Å²) in [5.41, 5.74) is -3.09. The fourth-order valence-corrected chi connectivity index (χ4v) is 12.2. The summed E-state index contributed by atoms with van der Waals surface area (Å²) >= 11 is 5.04. The van der Waals surface area contributed by atoms with Crippen LogP contribution in [0.4, 0.5) is 13.2 Å². The van der Waals surface area contributed by atoms with Gasteiger partial charge in [-0.2, -0.15) is 13.2 Å². The summed E-state index contributed by atoms with van der Waals surface area (Å²) in [6, 6.07) is 44.5. The average molecular weight is 901 g/mol. The zero-order valence-electron chi connectivity index (χ0n) is 33.3. The predicted octanol–water partition coefficient (Wildman–Crippen LogP) is 13.0. The number of halogens is 3. The molecule has 0 saturated heterocycles. The van der Waals surface area contributed by atoms with Gasteiger partial charge in [0.25, 0.3) is 0 Å². The number of rotatable bonds is 5. The van der Waals surface area contributed by atoms with Crippen LogP contribution in [0.15, 0.2) is 161 Å². The van der Waals surface area contributed by atoms with E-state index in [1.807, 2.05) is 48.5 Å². The maximum absolute atomic E-state index is 13.9. The first-order valence-electron chi connectivity index (χ1n) is 18.7. The highest BCUT2D eigenvalue weighted by Crippen LogP contribution is 2.43. The van der Waals surface area contributed by atoms with Gasteiger partial charge >= 0.3 is 5.51 Å². The van der Waals surface area contributed by atoms with E-state index >= 15 is 0 Å². The van der Waals surface area contributed by atoms with E-state index in [0.29, 0.717) is 0 Å². The van der Waals surface area contributed by atoms with Gasteiger partial charge in [-0.25, -0.2) is 8.42 Å². The molecule has 1 atom stereocenters. The lowest BCUT2D eigenvalue weighted by Gasteiger charge is -2.24. The molecule has 60 heavy (non-hydrogen) atoms. The van der Waals surface area contributed by atoms with Crippen molar-refractivity contribution in [3.63, 3.8) is 0 Å². The predicted molar refractivity (Wildman–Crippen MR) is 244 cm³/mol. The van der Waals surface area contributed by atoms with Crippen LogP contribution in [0, 0.1) is 0 Å². The monoisotopic (exact) mass is 900 g/mol. The van der Waals surface area contributed by atoms with Crippen LogP contribution >= 0.6 is 34.4 Å². The molecule has 0 amide bonds. The van der Waals surface area contributed by atoms with Gasteiger partial charge in [-0.15, -0.1) is 22.7 Å². The zero-order chi connectivity index (χ0) is 43.4. The molecule has 0 radical (unpaired) electrons. The van der Waals surface area contributed by atoms with Crippen molar-refractivity contribution in [2.45, 2.75) is 82.4 Å². The molecule has 6 aromatic carbocycles. The Morgan fingerprint density at radius 1 is 0.550 bits per heavy atom. The van der Waals surface area contributed by atoms with E-state index in [9.17, 15) is 22.8 Å². The number of benzene rings is 6. The smallest absolute Gasteiger partial charge is 0.485 e. The molecule has 5 nitrogen and oxygen atoms in total. The fourth-order valence-electron chi connectivity index (χ4n) is 6.71. The Balaban J connectivity index is 0.000000620. The van der Waals surface area contributed by atoms with Crippen LogP contribution in [-0.2, 0) is 31.8 Å². The molecule has 2 aromatic heterocycles. The van der Waals surface area contributed by atoms with Gasteiger partial charge < -0.3 is 4.55 Å². The average Bonchev–Trinajstić information content (AvgIpc) is 3.18. The first-order valence-corrected chi connectivity index (χ1v) is 23.8. The van der Waals surface area contributed by atoms with Crippen molar-refractivity contribution in [1.82, 2.24) is 0 Å². The quantitative estimate of drug-likeness (QED) is 0.0739. The molecule has 2 heterocycles. The Hall–Kier alpha value is -4.50. The number of hydrogen-bond acceptors (Lipinski definition) is 8. The maximum Gasteiger partial charge on any atom is 0.485 e. The highest BCUT2D eigenvalue weighted by molar-refractivity contribution is 7.99. The van der Waals surface area contributed by atoms with E-state index < -0.39 is 26.5 Å². The Labute approximate surface area is 361 Å². The van der Waals surface area contributed by atoms with Gasteiger partial charge in [-0.3, -0.25) is 9.59 Å². The van der Waals surface area contributed by atoms with Crippen LogP contribution < -0.4 is 10.9 Å². The van der Waals surface area contributed by atoms with Crippen molar-refractivity contribution in [3.8, 4) is 0 Å². The molecule has 0 N–H and O–H groups in total. The molecule has 0 aliphatic heterocycles. The Bertz CT molecular complexity index is 3180. The van der Waals surface area contributed by atoms with Crippen LogP contribution in [0.25, 0.3) is 40.3 Å². The van der Waals surface area contributed by atoms with Gasteiger partial charge in [0.05, 0.1) is 10.9 Å². The molecule has 0 aliphatic carbocycles. The molecule has 8 rings (SSSR count). The summed E-state index contributed by atoms with van der Waals surface area (Å²) in [6.45, 7) is 13.6. The minimum Gasteiger partial charge on any atom is -0.741 e. The third-order valence-electron chi connectivity index (χ3n) is 9.76. The standard InChI is InChI=1S/C46H39O2S4.CHF3O3S/c1-45(2,3)28-12-11-13-31(24-28)52(32-20-22-41-36(27-32)44(48)34-15-8-10-17-39(34)51-41)42-23-19-30(26-37(42)46(4,5)6)49-29-18-21-40-35(25-29)43(47)33-14-7-9-16-38(33)50-40;2-1(3,4)8(5,6)7/h7-27H,1-6H3;(H,5,6,7)/q+1;/p-1. The van der Waals surface area contributed by atoms with E-state index in [1.54, 1.807) is 34.4 Å². The fraction of sp³-hybridized carbons (Fsp3) is 0.191. The van der Waals surface area contributed by atoms with Crippen molar-refractivity contribution < 1.29 is 26.1 Å². The molecule has 8 aromatic rings. The second-order valence-corrected chi connectivity index (χ2v) is 22.8. The van der Waals surface area contributed by atoms with E-state index in [1.165, 1.54) is 20.9 Å². The van der Waals surface area contributed by atoms with Crippen molar-refractivity contribution in [2.24, 2.45) is 0 Å². The van der Waals surface area contributed by atoms with E-state index in [4.69, 9.17) is 13.0 Å². The molecule has 1 unspecified atom stereocenters. The highest BCUT2D eigenvalue weighted by Gasteiger charge is 2.37. The van der Waals surface area contributed by atoms with Gasteiger partial charge in [0.2, 0.25) is 0 Å². The minimum atomic E-state index is -6.09. The van der Waals surface area contributed by atoms with Crippen LogP contribution in [0.5, 0.6) is 0 Å². The van der Waals surface area contributed by atoms with Gasteiger partial charge in [0.1, 0.15) is 0 Å². The molecule has 0 fully saturated rings. The lowest BCUT2D eigenvalue weighted by atomic mass is 9.87. The molecule has 0 saturated carbocycles. The van der Waals surface area contributed by atoms with Gasteiger partial charge in [0.15, 0.2) is 35.7 Å². The summed E-state index contributed by atoms with van der Waals surface area (Å²) in [4.78, 5) is 33.2. The summed E-state index contributed by atoms with van der Waals surface area (Å²) in [6.07, 6.45) is 0. The maximum atomic E-state index is 13.9. The molecule has 13 heteroatoms. The molecule has 0 aliphatic rings. The van der Waals surface area contributed by atoms with Crippen LogP contribution in [0.1, 0.15) is 52.7 Å². The number of fused-ring (bicyclic) bond motifs is 4. The largest absolute Gasteiger partial charge is 0.741 e. The summed E-state index contributed by atoms with van der Waals surface area (Å²) in [7, 11) is -6.58. The van der Waals surface area contributed by atoms with E-state index in [2.05, 4.69) is 120 Å². The molecule has 0 spiro atoms. The topological polar surface area (TPSA) is 91.3 Å². The first kappa shape index (κ1) is 43.6. The normalized spacial score (nSPS) is 13.1. The van der Waals surface area contributed by atoms with Gasteiger partial charge in [-0.05, 0) is 101 Å². The third-order valence-corrected chi connectivity index (χ3v) is 15.9. The summed E-state index contributed by atoms with van der Waals surface area (Å²) in [5.74, 6) is 0. The van der Waals surface area contributed by atoms with Gasteiger partial charge in [-0.1, -0.05) is 89.7 Å². The van der Waals surface area contributed by atoms with E-state index in [0.717, 1.165) is 55.0 Å². The molecular weight excluding hydrogens is 862 g/mol. The molecule has 0 bridgehead atoms. The Morgan fingerprint density at radius 2 is 1.03 bits per heavy atom. The zero-order valence-corrected chi connectivity index (χ0v) is 37.4. The minimum absolute atomic E-state index is 0.0125. The SMILES string of the molecule is CC(C)(C)c1cccc([S+](c2ccc3sc4ccccc4c(=O)c3c2)c2ccc(Sc3ccc4sc5ccccc5c(=O)c4c3)cc2C(C)(C)C)c1.O=S(=O)([O-])C(F)(F)F. The second-order valence-electron chi connectivity index (χ2n) is 16.2. The Kier molecular flexibility index (Phi) is 11.9. The van der Waals surface area contributed by atoms with Crippen LogP contribution in [0.2, 0.25) is 0 Å². The third kappa shape index (κ3) is 9.07. The molecule has 308 valence electrons. The highest BCUT2D eigenvalue weighted by atomic mass is 32.2. The van der Waals surface area contributed by atoms with Crippen molar-refractivity contribution in [1.29, 1.82) is 0 Å². The summed E-state index contributed by atoms with van der Waals surface area (Å²) < 4.78 is 62.9. The van der Waals surface area contributed by atoms with Crippen molar-refractivity contribution >= 4 is 95.8 Å². The first-order chi connectivity index (χ1) is 28.1. The van der Waals surface area contributed by atoms with Gasteiger partial charge in [0, 0.05) is 61.8 Å². The van der Waals surface area contributed by atoms with E-state index in [-0.39, 0.29) is 21.7 Å². The van der Waals surface area contributed by atoms with Crippen LogP contribution in [-0.4, -0.2) is 18.5 Å². The van der Waals surface area contributed by atoms with Crippen molar-refractivity contribution in [2.75, 3.05) is 0 Å². The number of alkyl halides is 3. The summed E-state index contributed by atoms with van der Waals surface area (Å²) in [5, 5.41) is 3.09. The molecular formula is C47H39F3O5S5. The second kappa shape index (κ2) is 16.4. The van der Waals surface area contributed by atoms with Crippen molar-refractivity contribution in [3.05, 3.63) is 159 Å². The Morgan fingerprint density at radius 3 is 1.58 bits per heavy atom. The van der Waals surface area contributed by atoms with Crippen LogP contribution in [0.3, 0.4) is 0 Å². The number of hydrogen-bond donors (Lipinski definition) is 0. The lowest BCUT2D eigenvalue weighted by Crippen LogP contribution is -2.21.